The Bertz CT molecular complexity index is 874. The van der Waals surface area contributed by atoms with E-state index in [1.165, 1.54) is 16.9 Å². The highest BCUT2D eigenvalue weighted by Crippen LogP contribution is 2.17. The van der Waals surface area contributed by atoms with E-state index < -0.39 is 11.2 Å². The van der Waals surface area contributed by atoms with Gasteiger partial charge in [-0.1, -0.05) is 23.7 Å². The fourth-order valence-electron chi connectivity index (χ4n) is 2.05. The Kier molecular flexibility index (Phi) is 3.23. The summed E-state index contributed by atoms with van der Waals surface area (Å²) in [5, 5.41) is 4.54. The van der Waals surface area contributed by atoms with Gasteiger partial charge in [-0.2, -0.15) is 5.10 Å². The lowest BCUT2D eigenvalue weighted by molar-refractivity contribution is 0.766. The van der Waals surface area contributed by atoms with Crippen LogP contribution >= 0.6 is 11.6 Å². The van der Waals surface area contributed by atoms with E-state index in [0.29, 0.717) is 22.0 Å². The van der Waals surface area contributed by atoms with Crippen LogP contribution in [0.3, 0.4) is 0 Å². The van der Waals surface area contributed by atoms with Crippen molar-refractivity contribution in [3.63, 3.8) is 0 Å². The Labute approximate surface area is 124 Å². The fraction of sp³-hybridized carbons (Fsp3) is 0.0714. The van der Waals surface area contributed by atoms with Gasteiger partial charge in [0.05, 0.1) is 17.6 Å². The number of hydrogen-bond acceptors (Lipinski definition) is 3. The van der Waals surface area contributed by atoms with Crippen molar-refractivity contribution in [3.8, 4) is 16.9 Å². The monoisotopic (exact) mass is 302 g/mol. The summed E-state index contributed by atoms with van der Waals surface area (Å²) >= 11 is 5.82. The van der Waals surface area contributed by atoms with Gasteiger partial charge >= 0.3 is 5.69 Å². The largest absolute Gasteiger partial charge is 0.333 e. The van der Waals surface area contributed by atoms with Crippen LogP contribution in [0.5, 0.6) is 0 Å². The van der Waals surface area contributed by atoms with Crippen LogP contribution < -0.4 is 11.2 Å². The van der Waals surface area contributed by atoms with Crippen molar-refractivity contribution < 1.29 is 0 Å². The van der Waals surface area contributed by atoms with Crippen LogP contribution in [-0.2, 0) is 7.05 Å². The summed E-state index contributed by atoms with van der Waals surface area (Å²) < 4.78 is 2.56. The van der Waals surface area contributed by atoms with Gasteiger partial charge in [-0.15, -0.1) is 0 Å². The van der Waals surface area contributed by atoms with E-state index in [1.807, 2.05) is 0 Å². The van der Waals surface area contributed by atoms with Crippen LogP contribution in [0.2, 0.25) is 5.02 Å². The Hall–Kier alpha value is -2.60. The molecule has 21 heavy (non-hydrogen) atoms. The molecule has 0 atom stereocenters. The summed E-state index contributed by atoms with van der Waals surface area (Å²) in [4.78, 5) is 27.0. The second kappa shape index (κ2) is 5.06. The third kappa shape index (κ3) is 2.53. The van der Waals surface area contributed by atoms with E-state index in [2.05, 4.69) is 10.1 Å². The molecule has 1 aromatic carbocycles. The molecule has 0 bridgehead atoms. The van der Waals surface area contributed by atoms with Crippen LogP contribution in [0, 0.1) is 0 Å². The molecular formula is C14H11ClN4O2. The minimum atomic E-state index is -0.513. The zero-order chi connectivity index (χ0) is 15.0. The number of nitrogens with one attached hydrogen (secondary N) is 1. The average molecular weight is 303 g/mol. The van der Waals surface area contributed by atoms with Crippen molar-refractivity contribution in [2.75, 3.05) is 0 Å². The van der Waals surface area contributed by atoms with Crippen molar-refractivity contribution in [1.29, 1.82) is 0 Å². The third-order valence-electron chi connectivity index (χ3n) is 3.04. The van der Waals surface area contributed by atoms with Crippen molar-refractivity contribution in [2.24, 2.45) is 7.05 Å². The van der Waals surface area contributed by atoms with Crippen molar-refractivity contribution in [1.82, 2.24) is 19.3 Å². The van der Waals surface area contributed by atoms with E-state index >= 15 is 0 Å². The number of rotatable bonds is 2. The molecule has 0 unspecified atom stereocenters. The molecule has 0 saturated heterocycles. The maximum absolute atomic E-state index is 12.2. The molecule has 2 heterocycles. The summed E-state index contributed by atoms with van der Waals surface area (Å²) in [5.74, 6) is 0. The Balaban J connectivity index is 2.14. The van der Waals surface area contributed by atoms with E-state index in [4.69, 9.17) is 11.6 Å². The molecule has 0 spiro atoms. The molecule has 0 aliphatic rings. The standard InChI is InChI=1S/C14H11ClN4O2/c1-18-8-11(7-16-18)19-13(20)6-12(17-14(19)21)9-2-4-10(15)5-3-9/h2-8H,1H3,(H,17,21). The highest BCUT2D eigenvalue weighted by Gasteiger charge is 2.09. The third-order valence-corrected chi connectivity index (χ3v) is 3.29. The molecule has 106 valence electrons. The minimum absolute atomic E-state index is 0.420. The Morgan fingerprint density at radius 2 is 1.90 bits per heavy atom. The topological polar surface area (TPSA) is 72.7 Å². The summed E-state index contributed by atoms with van der Waals surface area (Å²) in [6.07, 6.45) is 3.05. The summed E-state index contributed by atoms with van der Waals surface area (Å²) in [6, 6.07) is 8.24. The normalized spacial score (nSPS) is 10.8. The molecule has 7 heteroatoms. The van der Waals surface area contributed by atoms with Gasteiger partial charge in [0, 0.05) is 24.3 Å². The minimum Gasteiger partial charge on any atom is -0.306 e. The lowest BCUT2D eigenvalue weighted by atomic mass is 10.1. The lowest BCUT2D eigenvalue weighted by Crippen LogP contribution is -2.33. The first-order valence-corrected chi connectivity index (χ1v) is 6.54. The van der Waals surface area contributed by atoms with Crippen LogP contribution in [0.25, 0.3) is 16.9 Å². The molecule has 3 rings (SSSR count). The van der Waals surface area contributed by atoms with Gasteiger partial charge in [0.25, 0.3) is 5.56 Å². The highest BCUT2D eigenvalue weighted by atomic mass is 35.5. The van der Waals surface area contributed by atoms with Crippen LogP contribution in [-0.4, -0.2) is 19.3 Å². The number of hydrogen-bond donors (Lipinski definition) is 1. The molecule has 0 saturated carbocycles. The first-order chi connectivity index (χ1) is 10.0. The summed E-state index contributed by atoms with van der Waals surface area (Å²) in [6.45, 7) is 0. The number of aromatic amines is 1. The lowest BCUT2D eigenvalue weighted by Gasteiger charge is -2.04. The molecule has 6 nitrogen and oxygen atoms in total. The second-order valence-electron chi connectivity index (χ2n) is 4.54. The zero-order valence-electron chi connectivity index (χ0n) is 11.1. The number of benzene rings is 1. The summed E-state index contributed by atoms with van der Waals surface area (Å²) in [7, 11) is 1.71. The van der Waals surface area contributed by atoms with Crippen LogP contribution in [0.1, 0.15) is 0 Å². The van der Waals surface area contributed by atoms with E-state index in [-0.39, 0.29) is 0 Å². The van der Waals surface area contributed by atoms with Crippen molar-refractivity contribution in [2.45, 2.75) is 0 Å². The van der Waals surface area contributed by atoms with E-state index in [1.54, 1.807) is 37.5 Å². The van der Waals surface area contributed by atoms with E-state index in [0.717, 1.165) is 4.57 Å². The number of nitrogens with zero attached hydrogens (tertiary/aromatic N) is 3. The SMILES string of the molecule is Cn1cc(-n2c(=O)cc(-c3ccc(Cl)cc3)[nH]c2=O)cn1. The molecule has 0 amide bonds. The summed E-state index contributed by atoms with van der Waals surface area (Å²) in [5.41, 5.74) is 0.650. The average Bonchev–Trinajstić information content (AvgIpc) is 2.85. The van der Waals surface area contributed by atoms with Gasteiger partial charge in [0.2, 0.25) is 0 Å². The molecule has 3 aromatic rings. The van der Waals surface area contributed by atoms with E-state index in [9.17, 15) is 9.59 Å². The highest BCUT2D eigenvalue weighted by molar-refractivity contribution is 6.30. The maximum atomic E-state index is 12.2. The zero-order valence-corrected chi connectivity index (χ0v) is 11.8. The molecular weight excluding hydrogens is 292 g/mol. The first-order valence-electron chi connectivity index (χ1n) is 6.16. The predicted molar refractivity (Wildman–Crippen MR) is 79.9 cm³/mol. The smallest absolute Gasteiger partial charge is 0.306 e. The van der Waals surface area contributed by atoms with Crippen LogP contribution in [0.15, 0.2) is 52.3 Å². The first kappa shape index (κ1) is 13.4. The van der Waals surface area contributed by atoms with Crippen molar-refractivity contribution in [3.05, 3.63) is 68.6 Å². The Morgan fingerprint density at radius 3 is 2.48 bits per heavy atom. The predicted octanol–water partition coefficient (Wildman–Crippen LogP) is 1.58. The van der Waals surface area contributed by atoms with Gasteiger partial charge < -0.3 is 4.98 Å². The number of aromatic nitrogens is 4. The van der Waals surface area contributed by atoms with Gasteiger partial charge in [0.1, 0.15) is 0 Å². The molecule has 0 fully saturated rings. The Morgan fingerprint density at radius 1 is 1.19 bits per heavy atom. The number of H-pyrrole nitrogens is 1. The molecule has 2 aromatic heterocycles. The van der Waals surface area contributed by atoms with Gasteiger partial charge in [-0.3, -0.25) is 9.48 Å². The van der Waals surface area contributed by atoms with Crippen LogP contribution in [0.4, 0.5) is 0 Å². The molecule has 1 N–H and O–H groups in total. The molecule has 0 aliphatic heterocycles. The number of halogens is 1. The number of aryl methyl sites for hydroxylation is 1. The van der Waals surface area contributed by atoms with Gasteiger partial charge in [0.15, 0.2) is 0 Å². The van der Waals surface area contributed by atoms with Gasteiger partial charge in [-0.25, -0.2) is 9.36 Å². The fourth-order valence-corrected chi connectivity index (χ4v) is 2.17. The quantitative estimate of drug-likeness (QED) is 0.781. The molecule has 0 aliphatic carbocycles. The maximum Gasteiger partial charge on any atom is 0.333 e. The van der Waals surface area contributed by atoms with Gasteiger partial charge in [-0.05, 0) is 17.7 Å². The van der Waals surface area contributed by atoms with Crippen molar-refractivity contribution >= 4 is 11.6 Å². The second-order valence-corrected chi connectivity index (χ2v) is 4.98. The molecule has 0 radical (unpaired) electrons.